The molecule has 0 aromatic rings. The summed E-state index contributed by atoms with van der Waals surface area (Å²) in [5.41, 5.74) is 0.227. The largest absolute Gasteiger partial charge is 0.370 e. The maximum Gasteiger partial charge on any atom is 0.0900 e. The van der Waals surface area contributed by atoms with Crippen LogP contribution in [0.4, 0.5) is 0 Å². The van der Waals surface area contributed by atoms with E-state index in [4.69, 9.17) is 4.74 Å². The Kier molecular flexibility index (Phi) is 2.10. The molecule has 0 aromatic heterocycles. The second kappa shape index (κ2) is 2.53. The summed E-state index contributed by atoms with van der Waals surface area (Å²) in [6.45, 7) is 4.20. The molecule has 2 nitrogen and oxygen atoms in total. The average molecular weight is 147 g/mol. The molecule has 2 unspecified atom stereocenters. The number of hydrogen-bond acceptors (Lipinski definition) is 2. The van der Waals surface area contributed by atoms with Gasteiger partial charge in [-0.05, 0) is 20.4 Å². The summed E-state index contributed by atoms with van der Waals surface area (Å²) < 4.78 is 7.31. The molecule has 0 amide bonds. The maximum atomic E-state index is 5.21. The van der Waals surface area contributed by atoms with Gasteiger partial charge in [0.15, 0.2) is 0 Å². The van der Waals surface area contributed by atoms with Crippen molar-refractivity contribution in [2.75, 3.05) is 20.2 Å². The van der Waals surface area contributed by atoms with E-state index in [0.29, 0.717) is 0 Å². The molecule has 0 N–H and O–H groups in total. The van der Waals surface area contributed by atoms with Gasteiger partial charge < -0.3 is 4.74 Å². The molecule has 54 valence electrons. The molecule has 1 fully saturated rings. The van der Waals surface area contributed by atoms with Crippen molar-refractivity contribution >= 4 is 9.39 Å². The number of nitrogens with zero attached hydrogens (tertiary/aromatic N) is 1. The van der Waals surface area contributed by atoms with Crippen LogP contribution in [-0.4, -0.2) is 30.5 Å². The predicted octanol–water partition coefficient (Wildman–Crippen LogP) is 0.887. The smallest absolute Gasteiger partial charge is 0.0900 e. The van der Waals surface area contributed by atoms with Gasteiger partial charge in [0.1, 0.15) is 0 Å². The zero-order chi connectivity index (χ0) is 6.91. The van der Waals surface area contributed by atoms with Crippen LogP contribution < -0.4 is 0 Å². The first kappa shape index (κ1) is 7.46. The molecule has 1 heterocycles. The fourth-order valence-corrected chi connectivity index (χ4v) is 0.809. The van der Waals surface area contributed by atoms with Crippen molar-refractivity contribution in [1.82, 2.24) is 4.67 Å². The molecule has 9 heavy (non-hydrogen) atoms. The Bertz CT molecular complexity index is 101. The average Bonchev–Trinajstić information content (AvgIpc) is 2.45. The third-order valence-electron chi connectivity index (χ3n) is 1.63. The van der Waals surface area contributed by atoms with Gasteiger partial charge in [-0.15, -0.1) is 0 Å². The van der Waals surface area contributed by atoms with E-state index in [1.807, 2.05) is 0 Å². The van der Waals surface area contributed by atoms with Gasteiger partial charge in [0.2, 0.25) is 0 Å². The standard InChI is InChI=1S/C6H14NOP/c1-6(5-8-6)3-4-7(2)9/h3-5,9H2,1-2H3. The highest BCUT2D eigenvalue weighted by Gasteiger charge is 2.38. The summed E-state index contributed by atoms with van der Waals surface area (Å²) in [6.07, 6.45) is 1.15. The van der Waals surface area contributed by atoms with Gasteiger partial charge in [0.05, 0.1) is 12.2 Å². The molecule has 0 aromatic carbocycles. The van der Waals surface area contributed by atoms with Gasteiger partial charge in [-0.3, -0.25) is 4.67 Å². The number of rotatable bonds is 3. The Hall–Kier alpha value is 0.350. The van der Waals surface area contributed by atoms with E-state index in [9.17, 15) is 0 Å². The molecule has 1 aliphatic rings. The summed E-state index contributed by atoms with van der Waals surface area (Å²) in [7, 11) is 4.69. The highest BCUT2D eigenvalue weighted by molar-refractivity contribution is 7.13. The zero-order valence-electron chi connectivity index (χ0n) is 6.05. The Labute approximate surface area is 58.8 Å². The van der Waals surface area contributed by atoms with Crippen molar-refractivity contribution in [2.45, 2.75) is 18.9 Å². The van der Waals surface area contributed by atoms with Crippen LogP contribution in [-0.2, 0) is 4.74 Å². The minimum atomic E-state index is 0.227. The van der Waals surface area contributed by atoms with Crippen molar-refractivity contribution in [2.24, 2.45) is 0 Å². The third-order valence-corrected chi connectivity index (χ3v) is 1.89. The lowest BCUT2D eigenvalue weighted by Gasteiger charge is -2.10. The summed E-state index contributed by atoms with van der Waals surface area (Å²) >= 11 is 0. The molecule has 1 aliphatic heterocycles. The molecular weight excluding hydrogens is 133 g/mol. The van der Waals surface area contributed by atoms with Crippen LogP contribution >= 0.6 is 9.39 Å². The van der Waals surface area contributed by atoms with Crippen LogP contribution in [0.1, 0.15) is 13.3 Å². The molecule has 0 bridgehead atoms. The highest BCUT2D eigenvalue weighted by atomic mass is 31.0. The predicted molar refractivity (Wildman–Crippen MR) is 41.3 cm³/mol. The second-order valence-corrected chi connectivity index (χ2v) is 3.85. The Morgan fingerprint density at radius 1 is 1.78 bits per heavy atom. The normalized spacial score (nSPS) is 33.3. The first-order valence-corrected chi connectivity index (χ1v) is 3.74. The first-order chi connectivity index (χ1) is 4.12. The topological polar surface area (TPSA) is 15.8 Å². The Morgan fingerprint density at radius 2 is 2.33 bits per heavy atom. The highest BCUT2D eigenvalue weighted by Crippen LogP contribution is 2.29. The molecule has 0 radical (unpaired) electrons. The van der Waals surface area contributed by atoms with E-state index >= 15 is 0 Å². The lowest BCUT2D eigenvalue weighted by Crippen LogP contribution is -2.14. The van der Waals surface area contributed by atoms with Crippen LogP contribution in [0.3, 0.4) is 0 Å². The minimum Gasteiger partial charge on any atom is -0.370 e. The molecule has 3 heteroatoms. The maximum absolute atomic E-state index is 5.21. The zero-order valence-corrected chi connectivity index (χ0v) is 7.21. The SMILES string of the molecule is CN(P)CCC1(C)CO1. The van der Waals surface area contributed by atoms with Gasteiger partial charge in [0, 0.05) is 6.54 Å². The van der Waals surface area contributed by atoms with Crippen molar-refractivity contribution in [3.63, 3.8) is 0 Å². The van der Waals surface area contributed by atoms with Gasteiger partial charge in [-0.1, -0.05) is 9.39 Å². The van der Waals surface area contributed by atoms with E-state index in [0.717, 1.165) is 19.6 Å². The van der Waals surface area contributed by atoms with E-state index in [1.54, 1.807) is 0 Å². The number of hydrogen-bond donors (Lipinski definition) is 0. The summed E-state index contributed by atoms with van der Waals surface area (Å²) in [4.78, 5) is 0. The molecular formula is C6H14NOP. The summed E-state index contributed by atoms with van der Waals surface area (Å²) in [6, 6.07) is 0. The van der Waals surface area contributed by atoms with Crippen molar-refractivity contribution in [3.05, 3.63) is 0 Å². The lowest BCUT2D eigenvalue weighted by atomic mass is 10.1. The second-order valence-electron chi connectivity index (χ2n) is 2.97. The van der Waals surface area contributed by atoms with Crippen molar-refractivity contribution in [1.29, 1.82) is 0 Å². The monoisotopic (exact) mass is 147 g/mol. The molecule has 2 atom stereocenters. The Morgan fingerprint density at radius 3 is 2.67 bits per heavy atom. The van der Waals surface area contributed by atoms with Gasteiger partial charge in [0.25, 0.3) is 0 Å². The third kappa shape index (κ3) is 2.61. The lowest BCUT2D eigenvalue weighted by molar-refractivity contribution is 0.295. The quantitative estimate of drug-likeness (QED) is 0.435. The fraction of sp³-hybridized carbons (Fsp3) is 1.00. The van der Waals surface area contributed by atoms with Crippen molar-refractivity contribution in [3.8, 4) is 0 Å². The number of ether oxygens (including phenoxy) is 1. The summed E-state index contributed by atoms with van der Waals surface area (Å²) in [5.74, 6) is 0. The van der Waals surface area contributed by atoms with E-state index in [1.165, 1.54) is 0 Å². The molecule has 0 saturated carbocycles. The molecule has 1 saturated heterocycles. The van der Waals surface area contributed by atoms with E-state index in [-0.39, 0.29) is 5.60 Å². The number of epoxide rings is 1. The van der Waals surface area contributed by atoms with Gasteiger partial charge in [-0.25, -0.2) is 0 Å². The van der Waals surface area contributed by atoms with Crippen LogP contribution in [0.5, 0.6) is 0 Å². The van der Waals surface area contributed by atoms with Crippen LogP contribution in [0.25, 0.3) is 0 Å². The fourth-order valence-electron chi connectivity index (χ4n) is 0.680. The minimum absolute atomic E-state index is 0.227. The Balaban J connectivity index is 2.05. The van der Waals surface area contributed by atoms with Crippen LogP contribution in [0, 0.1) is 0 Å². The molecule has 0 spiro atoms. The van der Waals surface area contributed by atoms with Crippen LogP contribution in [0.15, 0.2) is 0 Å². The van der Waals surface area contributed by atoms with E-state index in [2.05, 4.69) is 28.0 Å². The van der Waals surface area contributed by atoms with Gasteiger partial charge >= 0.3 is 0 Å². The molecule has 1 rings (SSSR count). The van der Waals surface area contributed by atoms with E-state index < -0.39 is 0 Å². The summed E-state index contributed by atoms with van der Waals surface area (Å²) in [5, 5.41) is 0. The van der Waals surface area contributed by atoms with Crippen LogP contribution in [0.2, 0.25) is 0 Å². The molecule has 0 aliphatic carbocycles. The van der Waals surface area contributed by atoms with Crippen molar-refractivity contribution < 1.29 is 4.74 Å². The first-order valence-electron chi connectivity index (χ1n) is 3.22. The van der Waals surface area contributed by atoms with Gasteiger partial charge in [-0.2, -0.15) is 0 Å².